The Kier molecular flexibility index (Phi) is 4.32. The smallest absolute Gasteiger partial charge is 0.176 e. The third-order valence-electron chi connectivity index (χ3n) is 3.41. The fourth-order valence-electron chi connectivity index (χ4n) is 2.41. The molecule has 1 aromatic carbocycles. The van der Waals surface area contributed by atoms with Crippen molar-refractivity contribution >= 4 is 5.78 Å². The van der Waals surface area contributed by atoms with Crippen molar-refractivity contribution in [3.05, 3.63) is 35.4 Å². The summed E-state index contributed by atoms with van der Waals surface area (Å²) in [6.45, 7) is 4.78. The van der Waals surface area contributed by atoms with Crippen molar-refractivity contribution in [1.29, 1.82) is 0 Å². The highest BCUT2D eigenvalue weighted by Crippen LogP contribution is 2.11. The zero-order valence-corrected chi connectivity index (χ0v) is 10.6. The standard InChI is InChI=1S/C15H21NO/c1-13-7-6-8-14(11-13)15(17)12-16-9-4-2-3-5-10-16/h6-8,11H,2-5,9-10,12H2,1H3. The second kappa shape index (κ2) is 5.97. The maximum atomic E-state index is 12.1. The van der Waals surface area contributed by atoms with Crippen LogP contribution < -0.4 is 0 Å². The van der Waals surface area contributed by atoms with Gasteiger partial charge in [0.15, 0.2) is 5.78 Å². The second-order valence-corrected chi connectivity index (χ2v) is 4.98. The highest BCUT2D eigenvalue weighted by molar-refractivity contribution is 5.97. The fraction of sp³-hybridized carbons (Fsp3) is 0.533. The molecule has 0 aromatic heterocycles. The van der Waals surface area contributed by atoms with Crippen LogP contribution in [0.15, 0.2) is 24.3 Å². The predicted molar refractivity (Wildman–Crippen MR) is 70.4 cm³/mol. The van der Waals surface area contributed by atoms with Crippen LogP contribution in [0.1, 0.15) is 41.6 Å². The van der Waals surface area contributed by atoms with E-state index < -0.39 is 0 Å². The second-order valence-electron chi connectivity index (χ2n) is 4.98. The van der Waals surface area contributed by atoms with E-state index in [4.69, 9.17) is 0 Å². The Bertz CT molecular complexity index is 378. The van der Waals surface area contributed by atoms with Crippen LogP contribution >= 0.6 is 0 Å². The number of rotatable bonds is 3. The SMILES string of the molecule is Cc1cccc(C(=O)CN2CCCCCC2)c1. The van der Waals surface area contributed by atoms with E-state index in [-0.39, 0.29) is 5.78 Å². The van der Waals surface area contributed by atoms with E-state index in [1.54, 1.807) is 0 Å². The van der Waals surface area contributed by atoms with Crippen LogP contribution in [0.2, 0.25) is 0 Å². The summed E-state index contributed by atoms with van der Waals surface area (Å²) < 4.78 is 0. The maximum Gasteiger partial charge on any atom is 0.176 e. The van der Waals surface area contributed by atoms with Crippen molar-refractivity contribution in [2.75, 3.05) is 19.6 Å². The van der Waals surface area contributed by atoms with Crippen LogP contribution in [0.5, 0.6) is 0 Å². The molecule has 0 radical (unpaired) electrons. The van der Waals surface area contributed by atoms with Gasteiger partial charge >= 0.3 is 0 Å². The number of hydrogen-bond acceptors (Lipinski definition) is 2. The van der Waals surface area contributed by atoms with Crippen molar-refractivity contribution < 1.29 is 4.79 Å². The number of benzene rings is 1. The number of ketones is 1. The molecule has 0 aliphatic carbocycles. The molecular formula is C15H21NO. The zero-order chi connectivity index (χ0) is 12.1. The Labute approximate surface area is 104 Å². The van der Waals surface area contributed by atoms with Gasteiger partial charge in [0, 0.05) is 5.56 Å². The van der Waals surface area contributed by atoms with Crippen LogP contribution in [0.3, 0.4) is 0 Å². The Morgan fingerprint density at radius 3 is 2.53 bits per heavy atom. The molecule has 1 aromatic rings. The van der Waals surface area contributed by atoms with E-state index in [1.807, 2.05) is 31.2 Å². The summed E-state index contributed by atoms with van der Waals surface area (Å²) in [5, 5.41) is 0. The Morgan fingerprint density at radius 1 is 1.18 bits per heavy atom. The third-order valence-corrected chi connectivity index (χ3v) is 3.41. The summed E-state index contributed by atoms with van der Waals surface area (Å²) >= 11 is 0. The van der Waals surface area contributed by atoms with Crippen LogP contribution in [0, 0.1) is 6.92 Å². The first-order valence-corrected chi connectivity index (χ1v) is 6.58. The number of nitrogens with zero attached hydrogens (tertiary/aromatic N) is 1. The lowest BCUT2D eigenvalue weighted by Crippen LogP contribution is -2.30. The van der Waals surface area contributed by atoms with E-state index in [9.17, 15) is 4.79 Å². The minimum absolute atomic E-state index is 0.260. The molecule has 0 spiro atoms. The third kappa shape index (κ3) is 3.67. The summed E-state index contributed by atoms with van der Waals surface area (Å²) in [6.07, 6.45) is 5.10. The first kappa shape index (κ1) is 12.3. The molecule has 0 N–H and O–H groups in total. The average molecular weight is 231 g/mol. The lowest BCUT2D eigenvalue weighted by molar-refractivity contribution is 0.0933. The lowest BCUT2D eigenvalue weighted by atomic mass is 10.1. The number of hydrogen-bond donors (Lipinski definition) is 0. The summed E-state index contributed by atoms with van der Waals surface area (Å²) in [4.78, 5) is 14.4. The minimum Gasteiger partial charge on any atom is -0.296 e. The maximum absolute atomic E-state index is 12.1. The van der Waals surface area contributed by atoms with Gasteiger partial charge in [-0.3, -0.25) is 9.69 Å². The lowest BCUT2D eigenvalue weighted by Gasteiger charge is -2.18. The Balaban J connectivity index is 1.96. The number of likely N-dealkylation sites (tertiary alicyclic amines) is 1. The molecule has 0 bridgehead atoms. The molecule has 2 nitrogen and oxygen atoms in total. The van der Waals surface area contributed by atoms with Crippen LogP contribution in [-0.2, 0) is 0 Å². The monoisotopic (exact) mass is 231 g/mol. The van der Waals surface area contributed by atoms with Crippen molar-refractivity contribution in [2.24, 2.45) is 0 Å². The molecule has 0 atom stereocenters. The van der Waals surface area contributed by atoms with Crippen molar-refractivity contribution in [1.82, 2.24) is 4.90 Å². The van der Waals surface area contributed by atoms with Crippen LogP contribution in [-0.4, -0.2) is 30.3 Å². The molecule has 17 heavy (non-hydrogen) atoms. The van der Waals surface area contributed by atoms with Gasteiger partial charge in [0.2, 0.25) is 0 Å². The van der Waals surface area contributed by atoms with E-state index in [0.29, 0.717) is 6.54 Å². The molecule has 92 valence electrons. The number of aryl methyl sites for hydroxylation is 1. The molecule has 2 heteroatoms. The predicted octanol–water partition coefficient (Wildman–Crippen LogP) is 3.05. The Morgan fingerprint density at radius 2 is 1.88 bits per heavy atom. The van der Waals surface area contributed by atoms with E-state index in [0.717, 1.165) is 24.2 Å². The summed E-state index contributed by atoms with van der Waals surface area (Å²) in [5.41, 5.74) is 2.01. The van der Waals surface area contributed by atoms with Gasteiger partial charge in [-0.15, -0.1) is 0 Å². The quantitative estimate of drug-likeness (QED) is 0.745. The van der Waals surface area contributed by atoms with Gasteiger partial charge in [-0.1, -0.05) is 36.6 Å². The van der Waals surface area contributed by atoms with Crippen molar-refractivity contribution in [3.8, 4) is 0 Å². The summed E-state index contributed by atoms with van der Waals surface area (Å²) in [5.74, 6) is 0.260. The topological polar surface area (TPSA) is 20.3 Å². The molecule has 2 rings (SSSR count). The minimum atomic E-state index is 0.260. The van der Waals surface area contributed by atoms with Gasteiger partial charge in [0.1, 0.15) is 0 Å². The van der Waals surface area contributed by atoms with E-state index in [2.05, 4.69) is 4.90 Å². The number of carbonyl (C=O) groups is 1. The molecule has 1 fully saturated rings. The number of carbonyl (C=O) groups excluding carboxylic acids is 1. The molecular weight excluding hydrogens is 210 g/mol. The van der Waals surface area contributed by atoms with E-state index >= 15 is 0 Å². The molecule has 1 aliphatic rings. The van der Waals surface area contributed by atoms with Gasteiger partial charge in [0.25, 0.3) is 0 Å². The van der Waals surface area contributed by atoms with Gasteiger partial charge < -0.3 is 0 Å². The Hall–Kier alpha value is -1.15. The normalized spacial score (nSPS) is 17.7. The van der Waals surface area contributed by atoms with Gasteiger partial charge in [-0.2, -0.15) is 0 Å². The van der Waals surface area contributed by atoms with Gasteiger partial charge in [-0.25, -0.2) is 0 Å². The van der Waals surface area contributed by atoms with E-state index in [1.165, 1.54) is 25.7 Å². The first-order valence-electron chi connectivity index (χ1n) is 6.58. The molecule has 0 amide bonds. The highest BCUT2D eigenvalue weighted by atomic mass is 16.1. The van der Waals surface area contributed by atoms with Crippen LogP contribution in [0.25, 0.3) is 0 Å². The largest absolute Gasteiger partial charge is 0.296 e. The molecule has 0 saturated carbocycles. The van der Waals surface area contributed by atoms with Crippen LogP contribution in [0.4, 0.5) is 0 Å². The number of Topliss-reactive ketones (excluding diaryl/α,β-unsaturated/α-hetero) is 1. The van der Waals surface area contributed by atoms with Gasteiger partial charge in [0.05, 0.1) is 6.54 Å². The molecule has 0 unspecified atom stereocenters. The molecule has 1 saturated heterocycles. The van der Waals surface area contributed by atoms with Crippen molar-refractivity contribution in [3.63, 3.8) is 0 Å². The zero-order valence-electron chi connectivity index (χ0n) is 10.6. The summed E-state index contributed by atoms with van der Waals surface area (Å²) in [6, 6.07) is 7.90. The molecule has 1 aliphatic heterocycles. The van der Waals surface area contributed by atoms with Crippen molar-refractivity contribution in [2.45, 2.75) is 32.6 Å². The first-order chi connectivity index (χ1) is 8.25. The average Bonchev–Trinajstić information content (AvgIpc) is 2.57. The summed E-state index contributed by atoms with van der Waals surface area (Å²) in [7, 11) is 0. The van der Waals surface area contributed by atoms with Gasteiger partial charge in [-0.05, 0) is 38.9 Å². The fourth-order valence-corrected chi connectivity index (χ4v) is 2.41. The molecule has 1 heterocycles. The highest BCUT2D eigenvalue weighted by Gasteiger charge is 2.14.